The lowest BCUT2D eigenvalue weighted by molar-refractivity contribution is -0.139. The molecule has 0 amide bonds. The van der Waals surface area contributed by atoms with Gasteiger partial charge in [0.2, 0.25) is 0 Å². The maximum absolute atomic E-state index is 12.7. The third-order valence-corrected chi connectivity index (χ3v) is 2.36. The molecule has 1 aromatic carbocycles. The molecule has 0 radical (unpaired) electrons. The molecular weight excluding hydrogens is 261 g/mol. The van der Waals surface area contributed by atoms with Crippen molar-refractivity contribution in [3.8, 4) is 5.75 Å². The average molecular weight is 278 g/mol. The van der Waals surface area contributed by atoms with E-state index in [1.807, 2.05) is 0 Å². The Morgan fingerprint density at radius 1 is 1.05 bits per heavy atom. The normalized spacial score (nSPS) is 11.6. The number of halogens is 3. The first-order valence-electron chi connectivity index (χ1n) is 5.82. The summed E-state index contributed by atoms with van der Waals surface area (Å²) in [7, 11) is 1.54. The summed E-state index contributed by atoms with van der Waals surface area (Å²) in [5, 5.41) is 0. The third kappa shape index (κ3) is 5.48. The van der Waals surface area contributed by atoms with Gasteiger partial charge in [0.15, 0.2) is 0 Å². The number of alkyl halides is 3. The molecule has 0 aliphatic heterocycles. The molecule has 1 aromatic rings. The fraction of sp³-hybridized carbons (Fsp3) is 0.538. The van der Waals surface area contributed by atoms with E-state index in [-0.39, 0.29) is 19.0 Å². The maximum Gasteiger partial charge on any atom is 0.419 e. The molecular formula is C13H17F3O3. The van der Waals surface area contributed by atoms with Crippen molar-refractivity contribution in [2.45, 2.75) is 13.1 Å². The Morgan fingerprint density at radius 2 is 1.74 bits per heavy atom. The minimum absolute atomic E-state index is 0.0657. The first kappa shape index (κ1) is 15.8. The first-order chi connectivity index (χ1) is 8.95. The molecule has 0 aromatic heterocycles. The lowest BCUT2D eigenvalue weighted by Gasteiger charge is -2.14. The van der Waals surface area contributed by atoms with Gasteiger partial charge in [-0.25, -0.2) is 0 Å². The molecule has 0 aliphatic carbocycles. The average Bonchev–Trinajstić information content (AvgIpc) is 2.32. The van der Waals surface area contributed by atoms with Crippen LogP contribution in [0.2, 0.25) is 0 Å². The molecule has 6 heteroatoms. The summed E-state index contributed by atoms with van der Waals surface area (Å²) < 4.78 is 53.2. The van der Waals surface area contributed by atoms with Gasteiger partial charge in [0.05, 0.1) is 25.4 Å². The molecule has 0 fully saturated rings. The van der Waals surface area contributed by atoms with Crippen molar-refractivity contribution < 1.29 is 27.4 Å². The SMILES string of the molecule is COCCOCCOc1cc(C)ccc1C(F)(F)F. The van der Waals surface area contributed by atoms with E-state index in [0.29, 0.717) is 18.8 Å². The molecule has 1 rings (SSSR count). The molecule has 0 saturated heterocycles. The van der Waals surface area contributed by atoms with Crippen LogP contribution in [0, 0.1) is 6.92 Å². The van der Waals surface area contributed by atoms with Crippen molar-refractivity contribution in [1.29, 1.82) is 0 Å². The minimum Gasteiger partial charge on any atom is -0.491 e. The number of aryl methyl sites for hydroxylation is 1. The molecule has 0 bridgehead atoms. The van der Waals surface area contributed by atoms with Gasteiger partial charge in [-0.1, -0.05) is 6.07 Å². The molecule has 19 heavy (non-hydrogen) atoms. The first-order valence-corrected chi connectivity index (χ1v) is 5.82. The molecule has 108 valence electrons. The van der Waals surface area contributed by atoms with E-state index in [0.717, 1.165) is 6.07 Å². The minimum atomic E-state index is -4.42. The Labute approximate surface area is 110 Å². The zero-order chi connectivity index (χ0) is 14.3. The molecule has 0 unspecified atom stereocenters. The zero-order valence-corrected chi connectivity index (χ0v) is 10.9. The Morgan fingerprint density at radius 3 is 2.37 bits per heavy atom. The number of hydrogen-bond acceptors (Lipinski definition) is 3. The Hall–Kier alpha value is -1.27. The smallest absolute Gasteiger partial charge is 0.419 e. The standard InChI is InChI=1S/C13H17F3O3/c1-10-3-4-11(13(14,15)16)12(9-10)19-8-7-18-6-5-17-2/h3-4,9H,5-8H2,1-2H3. The predicted molar refractivity (Wildman–Crippen MR) is 64.4 cm³/mol. The number of hydrogen-bond donors (Lipinski definition) is 0. The predicted octanol–water partition coefficient (Wildman–Crippen LogP) is 3.06. The highest BCUT2D eigenvalue weighted by Gasteiger charge is 2.34. The van der Waals surface area contributed by atoms with E-state index in [4.69, 9.17) is 14.2 Å². The number of methoxy groups -OCH3 is 1. The molecule has 0 aliphatic rings. The van der Waals surface area contributed by atoms with Crippen LogP contribution >= 0.6 is 0 Å². The summed E-state index contributed by atoms with van der Waals surface area (Å²) in [5.74, 6) is -0.164. The van der Waals surface area contributed by atoms with E-state index in [1.165, 1.54) is 12.1 Å². The van der Waals surface area contributed by atoms with Gasteiger partial charge < -0.3 is 14.2 Å². The van der Waals surface area contributed by atoms with Crippen LogP contribution in [0.5, 0.6) is 5.75 Å². The fourth-order valence-electron chi connectivity index (χ4n) is 1.44. The fourth-order valence-corrected chi connectivity index (χ4v) is 1.44. The summed E-state index contributed by atoms with van der Waals surface area (Å²) in [6.07, 6.45) is -4.42. The monoisotopic (exact) mass is 278 g/mol. The Bertz CT molecular complexity index is 391. The Balaban J connectivity index is 2.54. The van der Waals surface area contributed by atoms with Crippen molar-refractivity contribution in [2.75, 3.05) is 33.5 Å². The number of ether oxygens (including phenoxy) is 3. The van der Waals surface area contributed by atoms with E-state index in [9.17, 15) is 13.2 Å². The molecule has 3 nitrogen and oxygen atoms in total. The lowest BCUT2D eigenvalue weighted by Crippen LogP contribution is -2.13. The largest absolute Gasteiger partial charge is 0.491 e. The second-order valence-corrected chi connectivity index (χ2v) is 3.95. The summed E-state index contributed by atoms with van der Waals surface area (Å²) in [6, 6.07) is 3.80. The van der Waals surface area contributed by atoms with Gasteiger partial charge in [-0.05, 0) is 24.6 Å². The highest BCUT2D eigenvalue weighted by molar-refractivity contribution is 5.39. The van der Waals surface area contributed by atoms with Crippen molar-refractivity contribution in [1.82, 2.24) is 0 Å². The van der Waals surface area contributed by atoms with Crippen molar-refractivity contribution in [2.24, 2.45) is 0 Å². The molecule has 0 heterocycles. The van der Waals surface area contributed by atoms with Gasteiger partial charge in [-0.15, -0.1) is 0 Å². The van der Waals surface area contributed by atoms with Crippen LogP contribution in [-0.2, 0) is 15.7 Å². The summed E-state index contributed by atoms with van der Waals surface area (Å²) in [4.78, 5) is 0. The summed E-state index contributed by atoms with van der Waals surface area (Å²) >= 11 is 0. The van der Waals surface area contributed by atoms with Crippen LogP contribution in [0.25, 0.3) is 0 Å². The van der Waals surface area contributed by atoms with E-state index < -0.39 is 11.7 Å². The van der Waals surface area contributed by atoms with Crippen LogP contribution in [0.1, 0.15) is 11.1 Å². The van der Waals surface area contributed by atoms with Crippen LogP contribution in [-0.4, -0.2) is 33.5 Å². The van der Waals surface area contributed by atoms with E-state index in [2.05, 4.69) is 0 Å². The highest BCUT2D eigenvalue weighted by atomic mass is 19.4. The van der Waals surface area contributed by atoms with E-state index >= 15 is 0 Å². The summed E-state index contributed by atoms with van der Waals surface area (Å²) in [6.45, 7) is 2.82. The number of rotatable bonds is 7. The van der Waals surface area contributed by atoms with E-state index in [1.54, 1.807) is 14.0 Å². The van der Waals surface area contributed by atoms with Crippen molar-refractivity contribution in [3.63, 3.8) is 0 Å². The summed E-state index contributed by atoms with van der Waals surface area (Å²) in [5.41, 5.74) is -0.0571. The molecule has 0 atom stereocenters. The van der Waals surface area contributed by atoms with Gasteiger partial charge in [-0.2, -0.15) is 13.2 Å². The molecule has 0 saturated carbocycles. The van der Waals surface area contributed by atoms with Gasteiger partial charge in [0.25, 0.3) is 0 Å². The van der Waals surface area contributed by atoms with Gasteiger partial charge in [0.1, 0.15) is 12.4 Å². The highest BCUT2D eigenvalue weighted by Crippen LogP contribution is 2.36. The van der Waals surface area contributed by atoms with Gasteiger partial charge >= 0.3 is 6.18 Å². The molecule has 0 N–H and O–H groups in total. The van der Waals surface area contributed by atoms with Crippen LogP contribution in [0.15, 0.2) is 18.2 Å². The second-order valence-electron chi connectivity index (χ2n) is 3.95. The van der Waals surface area contributed by atoms with Crippen LogP contribution in [0.4, 0.5) is 13.2 Å². The van der Waals surface area contributed by atoms with Gasteiger partial charge in [-0.3, -0.25) is 0 Å². The van der Waals surface area contributed by atoms with Crippen LogP contribution in [0.3, 0.4) is 0 Å². The Kier molecular flexibility index (Phi) is 6.11. The van der Waals surface area contributed by atoms with Gasteiger partial charge in [0, 0.05) is 7.11 Å². The second kappa shape index (κ2) is 7.35. The third-order valence-electron chi connectivity index (χ3n) is 2.36. The quantitative estimate of drug-likeness (QED) is 0.717. The van der Waals surface area contributed by atoms with Crippen molar-refractivity contribution >= 4 is 0 Å². The zero-order valence-electron chi connectivity index (χ0n) is 10.9. The maximum atomic E-state index is 12.7. The number of benzene rings is 1. The topological polar surface area (TPSA) is 27.7 Å². The molecule has 0 spiro atoms. The van der Waals surface area contributed by atoms with Crippen LogP contribution < -0.4 is 4.74 Å². The lowest BCUT2D eigenvalue weighted by atomic mass is 10.1. The van der Waals surface area contributed by atoms with Crippen molar-refractivity contribution in [3.05, 3.63) is 29.3 Å².